The van der Waals surface area contributed by atoms with Gasteiger partial charge in [0.1, 0.15) is 11.4 Å². The molecule has 0 bridgehead atoms. The normalized spacial score (nSPS) is 15.1. The van der Waals surface area contributed by atoms with Gasteiger partial charge in [-0.05, 0) is 54.6 Å². The summed E-state index contributed by atoms with van der Waals surface area (Å²) in [5.41, 5.74) is 2.23. The molecule has 0 unspecified atom stereocenters. The van der Waals surface area contributed by atoms with E-state index in [1.54, 1.807) is 18.3 Å². The molecular weight excluding hydrogens is 495 g/mol. The van der Waals surface area contributed by atoms with Gasteiger partial charge >= 0.3 is 6.18 Å². The highest BCUT2D eigenvalue weighted by Gasteiger charge is 2.34. The van der Waals surface area contributed by atoms with Gasteiger partial charge in [0.25, 0.3) is 5.91 Å². The van der Waals surface area contributed by atoms with Crippen LogP contribution in [0.15, 0.2) is 67.0 Å². The van der Waals surface area contributed by atoms with E-state index in [1.165, 1.54) is 12.1 Å². The maximum atomic E-state index is 13.8. The highest BCUT2D eigenvalue weighted by molar-refractivity contribution is 5.92. The predicted molar refractivity (Wildman–Crippen MR) is 140 cm³/mol. The Labute approximate surface area is 218 Å². The number of anilines is 1. The number of amides is 1. The molecule has 4 aromatic rings. The summed E-state index contributed by atoms with van der Waals surface area (Å²) in [7, 11) is 2.00. The predicted octanol–water partition coefficient (Wildman–Crippen LogP) is 5.01. The lowest BCUT2D eigenvalue weighted by Crippen LogP contribution is -2.44. The first-order chi connectivity index (χ1) is 18.2. The van der Waals surface area contributed by atoms with Crippen molar-refractivity contribution in [3.8, 4) is 16.9 Å². The molecule has 3 heterocycles. The SMILES string of the molecule is CN1CCN(Cc2ccc(NC(=O)COc3ccc(-c4cnc5[nH]ccc5c4)cc3)cc2C(F)(F)F)CC1. The molecule has 7 nitrogen and oxygen atoms in total. The Bertz CT molecular complexity index is 1410. The smallest absolute Gasteiger partial charge is 0.416 e. The lowest BCUT2D eigenvalue weighted by Gasteiger charge is -2.33. The zero-order valence-corrected chi connectivity index (χ0v) is 20.9. The number of piperazine rings is 1. The lowest BCUT2D eigenvalue weighted by atomic mass is 10.0. The van der Waals surface area contributed by atoms with Crippen molar-refractivity contribution in [3.63, 3.8) is 0 Å². The van der Waals surface area contributed by atoms with Crippen LogP contribution in [0.3, 0.4) is 0 Å². The fourth-order valence-electron chi connectivity index (χ4n) is 4.49. The van der Waals surface area contributed by atoms with Crippen LogP contribution in [0.2, 0.25) is 0 Å². The summed E-state index contributed by atoms with van der Waals surface area (Å²) in [6.45, 7) is 2.94. The van der Waals surface area contributed by atoms with Crippen molar-refractivity contribution in [3.05, 3.63) is 78.1 Å². The molecule has 0 atom stereocenters. The third-order valence-corrected chi connectivity index (χ3v) is 6.65. The number of H-pyrrole nitrogens is 1. The van der Waals surface area contributed by atoms with E-state index in [1.807, 2.05) is 42.4 Å². The number of aromatic amines is 1. The maximum absolute atomic E-state index is 13.8. The molecule has 38 heavy (non-hydrogen) atoms. The standard InChI is InChI=1S/C28H28F3N5O2/c1-35-10-12-36(13-11-35)17-21-2-5-23(15-25(21)28(29,30)31)34-26(37)18-38-24-6-3-19(4-7-24)22-14-20-8-9-32-27(20)33-16-22/h2-9,14-16H,10-13,17-18H2,1H3,(H,32,33)(H,34,37). The Morgan fingerprint density at radius 3 is 2.53 bits per heavy atom. The number of carbonyl (C=O) groups excluding carboxylic acids is 1. The van der Waals surface area contributed by atoms with Crippen LogP contribution in [0.25, 0.3) is 22.2 Å². The fraction of sp³-hybridized carbons (Fsp3) is 0.286. The van der Waals surface area contributed by atoms with Crippen molar-refractivity contribution in [1.82, 2.24) is 19.8 Å². The summed E-state index contributed by atoms with van der Waals surface area (Å²) in [5, 5.41) is 3.52. The minimum absolute atomic E-state index is 0.0797. The van der Waals surface area contributed by atoms with Crippen molar-refractivity contribution in [1.29, 1.82) is 0 Å². The van der Waals surface area contributed by atoms with Gasteiger partial charge < -0.3 is 19.9 Å². The number of carbonyl (C=O) groups is 1. The Balaban J connectivity index is 1.19. The van der Waals surface area contributed by atoms with Crippen LogP contribution in [0, 0.1) is 0 Å². The molecule has 10 heteroatoms. The van der Waals surface area contributed by atoms with Crippen LogP contribution in [0.5, 0.6) is 5.75 Å². The van der Waals surface area contributed by atoms with Gasteiger partial charge in [-0.3, -0.25) is 9.69 Å². The molecule has 5 rings (SSSR count). The van der Waals surface area contributed by atoms with Gasteiger partial charge in [0.2, 0.25) is 0 Å². The quantitative estimate of drug-likeness (QED) is 0.356. The zero-order chi connectivity index (χ0) is 26.7. The number of ether oxygens (including phenoxy) is 1. The first kappa shape index (κ1) is 25.7. The van der Waals surface area contributed by atoms with Gasteiger partial charge in [-0.1, -0.05) is 18.2 Å². The molecule has 2 aromatic heterocycles. The van der Waals surface area contributed by atoms with Crippen molar-refractivity contribution < 1.29 is 22.7 Å². The molecule has 1 aliphatic heterocycles. The summed E-state index contributed by atoms with van der Waals surface area (Å²) >= 11 is 0. The highest BCUT2D eigenvalue weighted by Crippen LogP contribution is 2.34. The van der Waals surface area contributed by atoms with Crippen molar-refractivity contribution in [2.75, 3.05) is 45.2 Å². The third kappa shape index (κ3) is 6.15. The zero-order valence-electron chi connectivity index (χ0n) is 20.9. The number of nitrogens with one attached hydrogen (secondary N) is 2. The first-order valence-electron chi connectivity index (χ1n) is 12.3. The second-order valence-corrected chi connectivity index (χ2v) is 9.45. The monoisotopic (exact) mass is 523 g/mol. The number of nitrogens with zero attached hydrogens (tertiary/aromatic N) is 3. The minimum Gasteiger partial charge on any atom is -0.484 e. The van der Waals surface area contributed by atoms with E-state index in [0.29, 0.717) is 18.8 Å². The molecule has 2 N–H and O–H groups in total. The molecule has 0 aliphatic carbocycles. The summed E-state index contributed by atoms with van der Waals surface area (Å²) in [4.78, 5) is 24.0. The van der Waals surface area contributed by atoms with E-state index in [4.69, 9.17) is 4.74 Å². The van der Waals surface area contributed by atoms with Gasteiger partial charge in [0.15, 0.2) is 6.61 Å². The number of benzene rings is 2. The summed E-state index contributed by atoms with van der Waals surface area (Å²) in [6, 6.07) is 15.1. The van der Waals surface area contributed by atoms with Crippen LogP contribution < -0.4 is 10.1 Å². The fourth-order valence-corrected chi connectivity index (χ4v) is 4.49. The Hall–Kier alpha value is -3.89. The van der Waals surface area contributed by atoms with Crippen LogP contribution in [0.4, 0.5) is 18.9 Å². The summed E-state index contributed by atoms with van der Waals surface area (Å²) in [6.07, 6.45) is -0.924. The van der Waals surface area contributed by atoms with Crippen molar-refractivity contribution >= 4 is 22.6 Å². The lowest BCUT2D eigenvalue weighted by molar-refractivity contribution is -0.138. The van der Waals surface area contributed by atoms with Gasteiger partial charge in [-0.2, -0.15) is 13.2 Å². The molecule has 1 saturated heterocycles. The third-order valence-electron chi connectivity index (χ3n) is 6.65. The number of aromatic nitrogens is 2. The Morgan fingerprint density at radius 1 is 1.03 bits per heavy atom. The number of halogens is 3. The average molecular weight is 524 g/mol. The molecular formula is C28H28F3N5O2. The van der Waals surface area contributed by atoms with Crippen LogP contribution in [0.1, 0.15) is 11.1 Å². The van der Waals surface area contributed by atoms with Gasteiger partial charge in [-0.25, -0.2) is 4.98 Å². The second-order valence-electron chi connectivity index (χ2n) is 9.45. The number of hydrogen-bond donors (Lipinski definition) is 2. The first-order valence-corrected chi connectivity index (χ1v) is 12.3. The molecule has 198 valence electrons. The molecule has 0 radical (unpaired) electrons. The average Bonchev–Trinajstić information content (AvgIpc) is 3.37. The van der Waals surface area contributed by atoms with E-state index < -0.39 is 17.6 Å². The van der Waals surface area contributed by atoms with Crippen LogP contribution in [-0.2, 0) is 17.5 Å². The number of hydrogen-bond acceptors (Lipinski definition) is 5. The van der Waals surface area contributed by atoms with E-state index in [0.717, 1.165) is 41.3 Å². The molecule has 0 saturated carbocycles. The molecule has 2 aromatic carbocycles. The minimum atomic E-state index is -4.53. The number of likely N-dealkylation sites (N-methyl/N-ethyl adjacent to an activating group) is 1. The van der Waals surface area contributed by atoms with E-state index in [2.05, 4.69) is 20.2 Å². The maximum Gasteiger partial charge on any atom is 0.416 e. The molecule has 0 spiro atoms. The molecule has 1 aliphatic rings. The van der Waals surface area contributed by atoms with Gasteiger partial charge in [-0.15, -0.1) is 0 Å². The van der Waals surface area contributed by atoms with Gasteiger partial charge in [0.05, 0.1) is 5.56 Å². The Morgan fingerprint density at radius 2 is 1.79 bits per heavy atom. The largest absolute Gasteiger partial charge is 0.484 e. The van der Waals surface area contributed by atoms with Crippen molar-refractivity contribution in [2.24, 2.45) is 0 Å². The van der Waals surface area contributed by atoms with Gasteiger partial charge in [0, 0.05) is 61.8 Å². The van der Waals surface area contributed by atoms with E-state index in [9.17, 15) is 18.0 Å². The topological polar surface area (TPSA) is 73.5 Å². The van der Waals surface area contributed by atoms with Crippen molar-refractivity contribution in [2.45, 2.75) is 12.7 Å². The number of alkyl halides is 3. The van der Waals surface area contributed by atoms with E-state index >= 15 is 0 Å². The number of rotatable bonds is 7. The van der Waals surface area contributed by atoms with E-state index in [-0.39, 0.29) is 24.4 Å². The molecule has 1 amide bonds. The van der Waals surface area contributed by atoms with Crippen LogP contribution in [-0.4, -0.2) is 65.5 Å². The second kappa shape index (κ2) is 10.8. The molecule has 1 fully saturated rings. The summed E-state index contributed by atoms with van der Waals surface area (Å²) < 4.78 is 46.9. The highest BCUT2D eigenvalue weighted by atomic mass is 19.4. The number of pyridine rings is 1. The van der Waals surface area contributed by atoms with Crippen LogP contribution >= 0.6 is 0 Å². The number of fused-ring (bicyclic) bond motifs is 1. The summed E-state index contributed by atoms with van der Waals surface area (Å²) in [5.74, 6) is -0.0748. The Kier molecular flexibility index (Phi) is 7.35.